The molecule has 0 spiro atoms. The molecule has 1 amide bonds. The summed E-state index contributed by atoms with van der Waals surface area (Å²) in [4.78, 5) is 12.1. The van der Waals surface area contributed by atoms with Gasteiger partial charge in [-0.05, 0) is 18.4 Å². The first-order chi connectivity index (χ1) is 8.49. The van der Waals surface area contributed by atoms with Gasteiger partial charge in [0.05, 0.1) is 0 Å². The molecule has 0 aromatic heterocycles. The Balaban J connectivity index is 2.60. The van der Waals surface area contributed by atoms with Crippen LogP contribution in [-0.2, 0) is 11.2 Å². The first-order valence-corrected chi connectivity index (χ1v) is 7.52. The summed E-state index contributed by atoms with van der Waals surface area (Å²) in [6, 6.07) is 10.4. The summed E-state index contributed by atoms with van der Waals surface area (Å²) in [7, 11) is 0. The topological polar surface area (TPSA) is 29.1 Å². The average Bonchev–Trinajstić information content (AvgIpc) is 2.38. The number of rotatable bonds is 6. The summed E-state index contributed by atoms with van der Waals surface area (Å²) < 4.78 is 0. The molecular formula is C15H22BrNO. The van der Waals surface area contributed by atoms with Gasteiger partial charge in [0.2, 0.25) is 5.91 Å². The summed E-state index contributed by atoms with van der Waals surface area (Å²) in [6.45, 7) is 6.01. The lowest BCUT2D eigenvalue weighted by Crippen LogP contribution is -2.44. The third kappa shape index (κ3) is 4.45. The quantitative estimate of drug-likeness (QED) is 0.800. The zero-order valence-electron chi connectivity index (χ0n) is 11.4. The van der Waals surface area contributed by atoms with E-state index in [9.17, 15) is 4.79 Å². The highest BCUT2D eigenvalue weighted by Crippen LogP contribution is 2.20. The van der Waals surface area contributed by atoms with Gasteiger partial charge in [-0.1, -0.05) is 67.0 Å². The number of amides is 1. The highest BCUT2D eigenvalue weighted by molar-refractivity contribution is 9.09. The third-order valence-electron chi connectivity index (χ3n) is 3.34. The van der Waals surface area contributed by atoms with Gasteiger partial charge >= 0.3 is 0 Å². The largest absolute Gasteiger partial charge is 0.352 e. The van der Waals surface area contributed by atoms with Crippen molar-refractivity contribution < 1.29 is 4.79 Å². The second-order valence-electron chi connectivity index (χ2n) is 5.25. The van der Waals surface area contributed by atoms with Crippen molar-refractivity contribution in [3.8, 4) is 0 Å². The van der Waals surface area contributed by atoms with E-state index in [1.165, 1.54) is 5.56 Å². The Kier molecular flexibility index (Phi) is 5.86. The van der Waals surface area contributed by atoms with Gasteiger partial charge < -0.3 is 5.32 Å². The van der Waals surface area contributed by atoms with Crippen molar-refractivity contribution in [2.45, 2.75) is 39.7 Å². The van der Waals surface area contributed by atoms with Crippen molar-refractivity contribution in [3.05, 3.63) is 35.9 Å². The molecule has 100 valence electrons. The lowest BCUT2D eigenvalue weighted by Gasteiger charge is -2.25. The molecule has 18 heavy (non-hydrogen) atoms. The fourth-order valence-electron chi connectivity index (χ4n) is 1.58. The van der Waals surface area contributed by atoms with E-state index in [0.717, 1.165) is 18.2 Å². The van der Waals surface area contributed by atoms with Gasteiger partial charge in [-0.3, -0.25) is 4.79 Å². The number of hydrogen-bond acceptors (Lipinski definition) is 1. The minimum Gasteiger partial charge on any atom is -0.352 e. The lowest BCUT2D eigenvalue weighted by atomic mass is 9.89. The van der Waals surface area contributed by atoms with Gasteiger partial charge in [0.25, 0.3) is 0 Å². The standard InChI is InChI=1S/C15H22BrNO/c1-4-15(2,3)14(18)17-13(11-16)10-12-8-6-5-7-9-12/h5-9,13H,4,10-11H2,1-3H3,(H,17,18). The van der Waals surface area contributed by atoms with Crippen LogP contribution in [0.5, 0.6) is 0 Å². The highest BCUT2D eigenvalue weighted by atomic mass is 79.9. The number of benzene rings is 1. The zero-order valence-corrected chi connectivity index (χ0v) is 13.0. The zero-order chi connectivity index (χ0) is 13.6. The van der Waals surface area contributed by atoms with Gasteiger partial charge in [-0.15, -0.1) is 0 Å². The molecule has 0 aliphatic rings. The van der Waals surface area contributed by atoms with Crippen LogP contribution in [0.2, 0.25) is 0 Å². The number of nitrogens with one attached hydrogen (secondary N) is 1. The Morgan fingerprint density at radius 1 is 1.33 bits per heavy atom. The van der Waals surface area contributed by atoms with E-state index in [-0.39, 0.29) is 17.4 Å². The molecule has 1 aromatic carbocycles. The normalized spacial score (nSPS) is 13.1. The van der Waals surface area contributed by atoms with Crippen molar-refractivity contribution >= 4 is 21.8 Å². The number of halogens is 1. The molecule has 2 nitrogen and oxygen atoms in total. The fraction of sp³-hybridized carbons (Fsp3) is 0.533. The van der Waals surface area contributed by atoms with Gasteiger partial charge in [0.1, 0.15) is 0 Å². The molecule has 0 aliphatic heterocycles. The Morgan fingerprint density at radius 2 is 1.94 bits per heavy atom. The van der Waals surface area contributed by atoms with Crippen LogP contribution in [0.1, 0.15) is 32.8 Å². The predicted octanol–water partition coefficient (Wildman–Crippen LogP) is 3.55. The molecule has 1 atom stereocenters. The van der Waals surface area contributed by atoms with E-state index in [2.05, 4.69) is 33.4 Å². The van der Waals surface area contributed by atoms with Crippen LogP contribution in [0.3, 0.4) is 0 Å². The fourth-order valence-corrected chi connectivity index (χ4v) is 1.97. The van der Waals surface area contributed by atoms with E-state index >= 15 is 0 Å². The van der Waals surface area contributed by atoms with Crippen LogP contribution in [-0.4, -0.2) is 17.3 Å². The molecule has 0 fully saturated rings. The summed E-state index contributed by atoms with van der Waals surface area (Å²) in [5, 5.41) is 3.89. The second-order valence-corrected chi connectivity index (χ2v) is 5.90. The van der Waals surface area contributed by atoms with E-state index in [0.29, 0.717) is 0 Å². The van der Waals surface area contributed by atoms with Gasteiger partial charge in [0.15, 0.2) is 0 Å². The Labute approximate surface area is 118 Å². The highest BCUT2D eigenvalue weighted by Gasteiger charge is 2.26. The van der Waals surface area contributed by atoms with Gasteiger partial charge in [0, 0.05) is 16.8 Å². The monoisotopic (exact) mass is 311 g/mol. The maximum Gasteiger partial charge on any atom is 0.225 e. The SMILES string of the molecule is CCC(C)(C)C(=O)NC(CBr)Cc1ccccc1. The molecule has 0 saturated heterocycles. The van der Waals surface area contributed by atoms with Crippen molar-refractivity contribution in [3.63, 3.8) is 0 Å². The summed E-state index contributed by atoms with van der Waals surface area (Å²) in [5.74, 6) is 0.130. The molecule has 0 heterocycles. The van der Waals surface area contributed by atoms with Crippen molar-refractivity contribution in [1.29, 1.82) is 0 Å². The second kappa shape index (κ2) is 6.93. The van der Waals surface area contributed by atoms with Crippen LogP contribution < -0.4 is 5.32 Å². The first-order valence-electron chi connectivity index (χ1n) is 6.40. The summed E-state index contributed by atoms with van der Waals surface area (Å²) in [5.41, 5.74) is 0.952. The van der Waals surface area contributed by atoms with Gasteiger partial charge in [-0.25, -0.2) is 0 Å². The summed E-state index contributed by atoms with van der Waals surface area (Å²) >= 11 is 3.48. The molecule has 1 aromatic rings. The molecule has 1 N–H and O–H groups in total. The minimum atomic E-state index is -0.295. The Bertz CT molecular complexity index is 375. The Hall–Kier alpha value is -0.830. The summed E-state index contributed by atoms with van der Waals surface area (Å²) in [6.07, 6.45) is 1.71. The molecule has 0 saturated carbocycles. The first kappa shape index (κ1) is 15.2. The van der Waals surface area contributed by atoms with Crippen LogP contribution in [0.4, 0.5) is 0 Å². The van der Waals surface area contributed by atoms with E-state index in [4.69, 9.17) is 0 Å². The maximum atomic E-state index is 12.1. The van der Waals surface area contributed by atoms with Crippen LogP contribution in [0.15, 0.2) is 30.3 Å². The predicted molar refractivity (Wildman–Crippen MR) is 79.9 cm³/mol. The smallest absolute Gasteiger partial charge is 0.225 e. The van der Waals surface area contributed by atoms with E-state index in [1.54, 1.807) is 0 Å². The minimum absolute atomic E-state index is 0.130. The molecule has 1 rings (SSSR count). The number of hydrogen-bond donors (Lipinski definition) is 1. The van der Waals surface area contributed by atoms with E-state index in [1.807, 2.05) is 39.0 Å². The molecule has 0 radical (unpaired) electrons. The van der Waals surface area contributed by atoms with Crippen molar-refractivity contribution in [2.24, 2.45) is 5.41 Å². The van der Waals surface area contributed by atoms with Crippen LogP contribution in [0, 0.1) is 5.41 Å². The molecule has 3 heteroatoms. The number of carbonyl (C=O) groups is 1. The lowest BCUT2D eigenvalue weighted by molar-refractivity contribution is -0.130. The van der Waals surface area contributed by atoms with E-state index < -0.39 is 0 Å². The number of alkyl halides is 1. The molecule has 0 aliphatic carbocycles. The molecular weight excluding hydrogens is 290 g/mol. The maximum absolute atomic E-state index is 12.1. The Morgan fingerprint density at radius 3 is 2.44 bits per heavy atom. The van der Waals surface area contributed by atoms with Crippen molar-refractivity contribution in [1.82, 2.24) is 5.32 Å². The average molecular weight is 312 g/mol. The van der Waals surface area contributed by atoms with Crippen LogP contribution >= 0.6 is 15.9 Å². The van der Waals surface area contributed by atoms with Crippen molar-refractivity contribution in [2.75, 3.05) is 5.33 Å². The molecule has 1 unspecified atom stereocenters. The number of carbonyl (C=O) groups excluding carboxylic acids is 1. The van der Waals surface area contributed by atoms with Crippen LogP contribution in [0.25, 0.3) is 0 Å². The molecule has 0 bridgehead atoms. The third-order valence-corrected chi connectivity index (χ3v) is 4.13. The van der Waals surface area contributed by atoms with Gasteiger partial charge in [-0.2, -0.15) is 0 Å².